The predicted octanol–water partition coefficient (Wildman–Crippen LogP) is 4.19. The largest absolute Gasteiger partial charge is 0.360 e. The highest BCUT2D eigenvalue weighted by atomic mass is 16.5. The van der Waals surface area contributed by atoms with Crippen LogP contribution in [0.25, 0.3) is 11.3 Å². The molecular formula is C20H18N6O. The fraction of sp³-hybridized carbons (Fsp3) is 0.100. The van der Waals surface area contributed by atoms with Crippen LogP contribution in [0.5, 0.6) is 0 Å². The van der Waals surface area contributed by atoms with Crippen molar-refractivity contribution in [1.29, 1.82) is 0 Å². The number of benzene rings is 1. The SMILES string of the molecule is Cc1cc(Nc2cc(-c3ccccc3)nc(NCc3cccnc3)n2)no1. The van der Waals surface area contributed by atoms with Crippen molar-refractivity contribution in [3.8, 4) is 11.3 Å². The maximum atomic E-state index is 5.11. The van der Waals surface area contributed by atoms with E-state index in [0.29, 0.717) is 24.1 Å². The van der Waals surface area contributed by atoms with Gasteiger partial charge in [0.05, 0.1) is 5.69 Å². The molecule has 0 unspecified atom stereocenters. The zero-order chi connectivity index (χ0) is 18.5. The third kappa shape index (κ3) is 4.27. The van der Waals surface area contributed by atoms with Gasteiger partial charge >= 0.3 is 0 Å². The maximum Gasteiger partial charge on any atom is 0.225 e. The molecule has 7 heteroatoms. The van der Waals surface area contributed by atoms with Gasteiger partial charge in [0.1, 0.15) is 11.6 Å². The Balaban J connectivity index is 1.63. The van der Waals surface area contributed by atoms with Crippen LogP contribution in [0.15, 0.2) is 71.5 Å². The summed E-state index contributed by atoms with van der Waals surface area (Å²) in [5, 5.41) is 10.4. The predicted molar refractivity (Wildman–Crippen MR) is 104 cm³/mol. The highest BCUT2D eigenvalue weighted by molar-refractivity contribution is 5.66. The zero-order valence-corrected chi connectivity index (χ0v) is 14.8. The molecule has 1 aromatic carbocycles. The number of nitrogens with one attached hydrogen (secondary N) is 2. The number of nitrogens with zero attached hydrogens (tertiary/aromatic N) is 4. The van der Waals surface area contributed by atoms with Crippen molar-refractivity contribution < 1.29 is 4.52 Å². The molecule has 0 spiro atoms. The monoisotopic (exact) mass is 358 g/mol. The van der Waals surface area contributed by atoms with E-state index in [1.165, 1.54) is 0 Å². The highest BCUT2D eigenvalue weighted by Crippen LogP contribution is 2.23. The van der Waals surface area contributed by atoms with Gasteiger partial charge in [-0.3, -0.25) is 4.98 Å². The molecule has 0 fully saturated rings. The number of aryl methyl sites for hydroxylation is 1. The Morgan fingerprint density at radius 2 is 1.85 bits per heavy atom. The van der Waals surface area contributed by atoms with Gasteiger partial charge in [0.25, 0.3) is 0 Å². The second-order valence-corrected chi connectivity index (χ2v) is 5.99. The number of hydrogen-bond acceptors (Lipinski definition) is 7. The molecule has 27 heavy (non-hydrogen) atoms. The van der Waals surface area contributed by atoms with Gasteiger partial charge in [0.2, 0.25) is 5.95 Å². The zero-order valence-electron chi connectivity index (χ0n) is 14.8. The van der Waals surface area contributed by atoms with Crippen molar-refractivity contribution in [1.82, 2.24) is 20.1 Å². The molecule has 4 rings (SSSR count). The van der Waals surface area contributed by atoms with Crippen LogP contribution in [-0.2, 0) is 6.54 Å². The van der Waals surface area contributed by atoms with Gasteiger partial charge in [-0.2, -0.15) is 4.98 Å². The summed E-state index contributed by atoms with van der Waals surface area (Å²) in [5.41, 5.74) is 2.86. The molecule has 0 atom stereocenters. The molecular weight excluding hydrogens is 340 g/mol. The third-order valence-corrected chi connectivity index (χ3v) is 3.85. The van der Waals surface area contributed by atoms with Crippen molar-refractivity contribution in [2.75, 3.05) is 10.6 Å². The van der Waals surface area contributed by atoms with Gasteiger partial charge in [0, 0.05) is 36.6 Å². The lowest BCUT2D eigenvalue weighted by molar-refractivity contribution is 0.400. The van der Waals surface area contributed by atoms with Gasteiger partial charge < -0.3 is 15.2 Å². The summed E-state index contributed by atoms with van der Waals surface area (Å²) < 4.78 is 5.11. The van der Waals surface area contributed by atoms with E-state index >= 15 is 0 Å². The van der Waals surface area contributed by atoms with Crippen LogP contribution in [0.4, 0.5) is 17.6 Å². The molecule has 0 aliphatic heterocycles. The molecule has 3 heterocycles. The molecule has 2 N–H and O–H groups in total. The topological polar surface area (TPSA) is 88.8 Å². The Morgan fingerprint density at radius 3 is 2.59 bits per heavy atom. The van der Waals surface area contributed by atoms with Crippen LogP contribution in [0.1, 0.15) is 11.3 Å². The second kappa shape index (κ2) is 7.65. The number of rotatable bonds is 6. The van der Waals surface area contributed by atoms with Crippen LogP contribution in [0, 0.1) is 6.92 Å². The maximum absolute atomic E-state index is 5.11. The van der Waals surface area contributed by atoms with Crippen LogP contribution in [0.3, 0.4) is 0 Å². The molecule has 0 amide bonds. The molecule has 0 aliphatic carbocycles. The molecule has 7 nitrogen and oxygen atoms in total. The fourth-order valence-corrected chi connectivity index (χ4v) is 2.59. The number of aromatic nitrogens is 4. The molecule has 4 aromatic rings. The minimum Gasteiger partial charge on any atom is -0.360 e. The summed E-state index contributed by atoms with van der Waals surface area (Å²) in [7, 11) is 0. The summed E-state index contributed by atoms with van der Waals surface area (Å²) in [5.74, 6) is 2.47. The number of anilines is 3. The average Bonchev–Trinajstić information content (AvgIpc) is 3.12. The van der Waals surface area contributed by atoms with Crippen LogP contribution >= 0.6 is 0 Å². The third-order valence-electron chi connectivity index (χ3n) is 3.85. The van der Waals surface area contributed by atoms with Crippen molar-refractivity contribution in [2.45, 2.75) is 13.5 Å². The van der Waals surface area contributed by atoms with Gasteiger partial charge in [-0.25, -0.2) is 4.98 Å². The van der Waals surface area contributed by atoms with Crippen molar-refractivity contribution in [3.05, 3.63) is 78.3 Å². The first-order valence-electron chi connectivity index (χ1n) is 8.54. The van der Waals surface area contributed by atoms with Gasteiger partial charge in [0.15, 0.2) is 5.82 Å². The molecule has 0 radical (unpaired) electrons. The van der Waals surface area contributed by atoms with Crippen LogP contribution < -0.4 is 10.6 Å². The van der Waals surface area contributed by atoms with E-state index in [1.54, 1.807) is 6.20 Å². The first-order valence-corrected chi connectivity index (χ1v) is 8.54. The van der Waals surface area contributed by atoms with Crippen molar-refractivity contribution in [2.24, 2.45) is 0 Å². The Bertz CT molecular complexity index is 1020. The minimum absolute atomic E-state index is 0.517. The molecule has 0 aliphatic rings. The normalized spacial score (nSPS) is 10.6. The lowest BCUT2D eigenvalue weighted by Gasteiger charge is -2.10. The number of hydrogen-bond donors (Lipinski definition) is 2. The Labute approximate surface area is 156 Å². The van der Waals surface area contributed by atoms with E-state index in [4.69, 9.17) is 4.52 Å². The minimum atomic E-state index is 0.517. The summed E-state index contributed by atoms with van der Waals surface area (Å²) in [6.45, 7) is 2.42. The molecule has 0 saturated carbocycles. The number of pyridine rings is 1. The van der Waals surface area contributed by atoms with E-state index in [1.807, 2.05) is 67.7 Å². The highest BCUT2D eigenvalue weighted by Gasteiger charge is 2.09. The van der Waals surface area contributed by atoms with Crippen LogP contribution in [-0.4, -0.2) is 20.1 Å². The Kier molecular flexibility index (Phi) is 4.74. The first-order chi connectivity index (χ1) is 13.3. The smallest absolute Gasteiger partial charge is 0.225 e. The Morgan fingerprint density at radius 1 is 0.963 bits per heavy atom. The van der Waals surface area contributed by atoms with E-state index in [0.717, 1.165) is 22.6 Å². The lowest BCUT2D eigenvalue weighted by Crippen LogP contribution is -2.06. The molecule has 3 aromatic heterocycles. The molecule has 0 saturated heterocycles. The Hall–Kier alpha value is -3.74. The van der Waals surface area contributed by atoms with Crippen molar-refractivity contribution >= 4 is 17.6 Å². The van der Waals surface area contributed by atoms with Gasteiger partial charge in [-0.15, -0.1) is 0 Å². The average molecular weight is 358 g/mol. The molecule has 0 bridgehead atoms. The van der Waals surface area contributed by atoms with E-state index in [-0.39, 0.29) is 0 Å². The summed E-state index contributed by atoms with van der Waals surface area (Å²) in [6, 6.07) is 17.6. The first kappa shape index (κ1) is 16.7. The summed E-state index contributed by atoms with van der Waals surface area (Å²) in [4.78, 5) is 13.3. The summed E-state index contributed by atoms with van der Waals surface area (Å²) in [6.07, 6.45) is 3.56. The molecule has 134 valence electrons. The van der Waals surface area contributed by atoms with E-state index in [2.05, 4.69) is 30.7 Å². The van der Waals surface area contributed by atoms with Crippen LogP contribution in [0.2, 0.25) is 0 Å². The second-order valence-electron chi connectivity index (χ2n) is 5.99. The van der Waals surface area contributed by atoms with E-state index in [9.17, 15) is 0 Å². The van der Waals surface area contributed by atoms with E-state index < -0.39 is 0 Å². The van der Waals surface area contributed by atoms with Gasteiger partial charge in [-0.05, 0) is 18.6 Å². The quantitative estimate of drug-likeness (QED) is 0.534. The fourth-order valence-electron chi connectivity index (χ4n) is 2.59. The lowest BCUT2D eigenvalue weighted by atomic mass is 10.1. The van der Waals surface area contributed by atoms with Gasteiger partial charge in [-0.1, -0.05) is 41.6 Å². The standard InChI is InChI=1S/C20H18N6O/c1-14-10-19(26-27-14)24-18-11-17(16-7-3-2-4-8-16)23-20(25-18)22-13-15-6-5-9-21-12-15/h2-12H,13H2,1H3,(H2,22,23,24,25,26). The summed E-state index contributed by atoms with van der Waals surface area (Å²) >= 11 is 0. The van der Waals surface area contributed by atoms with Crippen molar-refractivity contribution in [3.63, 3.8) is 0 Å².